The number of methoxy groups -OCH3 is 2. The van der Waals surface area contributed by atoms with Gasteiger partial charge in [0.05, 0.1) is 25.5 Å². The summed E-state index contributed by atoms with van der Waals surface area (Å²) in [5.41, 5.74) is 2.28. The van der Waals surface area contributed by atoms with Gasteiger partial charge in [-0.2, -0.15) is 0 Å². The fourth-order valence-electron chi connectivity index (χ4n) is 3.30. The molecule has 7 heteroatoms. The number of benzene rings is 3. The van der Waals surface area contributed by atoms with E-state index in [0.29, 0.717) is 28.3 Å². The van der Waals surface area contributed by atoms with Crippen molar-refractivity contribution in [2.75, 3.05) is 19.5 Å². The van der Waals surface area contributed by atoms with E-state index in [1.54, 1.807) is 44.4 Å². The number of fused-ring (bicyclic) bond motifs is 3. The van der Waals surface area contributed by atoms with Crippen LogP contribution in [0.1, 0.15) is 17.3 Å². The Morgan fingerprint density at radius 1 is 0.935 bits per heavy atom. The first-order valence-electron chi connectivity index (χ1n) is 9.65. The molecule has 0 unspecified atom stereocenters. The number of ether oxygens (including phenoxy) is 3. The van der Waals surface area contributed by atoms with Crippen molar-refractivity contribution >= 4 is 39.5 Å². The van der Waals surface area contributed by atoms with E-state index < -0.39 is 12.1 Å². The second-order valence-electron chi connectivity index (χ2n) is 6.91. The highest BCUT2D eigenvalue weighted by Crippen LogP contribution is 2.36. The lowest BCUT2D eigenvalue weighted by molar-refractivity contribution is -0.122. The summed E-state index contributed by atoms with van der Waals surface area (Å²) in [6.07, 6.45) is -0.792. The van der Waals surface area contributed by atoms with Crippen LogP contribution in [0.5, 0.6) is 11.5 Å². The van der Waals surface area contributed by atoms with Crippen LogP contribution in [0, 0.1) is 0 Å². The van der Waals surface area contributed by atoms with Gasteiger partial charge < -0.3 is 23.9 Å². The van der Waals surface area contributed by atoms with Crippen LogP contribution in [0.3, 0.4) is 0 Å². The fraction of sp³-hybridized carbons (Fsp3) is 0.167. The summed E-state index contributed by atoms with van der Waals surface area (Å²) < 4.78 is 21.7. The lowest BCUT2D eigenvalue weighted by Gasteiger charge is -2.16. The Hall–Kier alpha value is -4.00. The van der Waals surface area contributed by atoms with Crippen LogP contribution < -0.4 is 14.8 Å². The van der Waals surface area contributed by atoms with Gasteiger partial charge in [-0.1, -0.05) is 18.2 Å². The molecule has 1 atom stereocenters. The van der Waals surface area contributed by atoms with Crippen LogP contribution in [0.2, 0.25) is 0 Å². The van der Waals surface area contributed by atoms with E-state index in [9.17, 15) is 9.59 Å². The number of rotatable bonds is 6. The van der Waals surface area contributed by atoms with E-state index in [1.165, 1.54) is 7.11 Å². The number of carbonyl (C=O) groups excluding carboxylic acids is 2. The third-order valence-corrected chi connectivity index (χ3v) is 4.91. The molecule has 1 heterocycles. The minimum absolute atomic E-state index is 0.356. The van der Waals surface area contributed by atoms with E-state index >= 15 is 0 Å². The number of nitrogens with one attached hydrogen (secondary N) is 1. The van der Waals surface area contributed by atoms with Crippen LogP contribution in [0.15, 0.2) is 65.1 Å². The second-order valence-corrected chi connectivity index (χ2v) is 6.91. The van der Waals surface area contributed by atoms with Crippen LogP contribution in [0.25, 0.3) is 21.9 Å². The molecule has 0 saturated carbocycles. The van der Waals surface area contributed by atoms with E-state index in [1.807, 2.05) is 30.3 Å². The molecule has 0 aliphatic heterocycles. The lowest BCUT2D eigenvalue weighted by Crippen LogP contribution is -2.30. The molecule has 1 N–H and O–H groups in total. The first-order chi connectivity index (χ1) is 15.0. The predicted octanol–water partition coefficient (Wildman–Crippen LogP) is 4.79. The molecule has 0 spiro atoms. The van der Waals surface area contributed by atoms with Crippen molar-refractivity contribution < 1.29 is 28.2 Å². The minimum Gasteiger partial charge on any atom is -0.495 e. The van der Waals surface area contributed by atoms with Gasteiger partial charge in [-0.3, -0.25) is 4.79 Å². The third-order valence-electron chi connectivity index (χ3n) is 4.91. The van der Waals surface area contributed by atoms with Gasteiger partial charge in [0.2, 0.25) is 0 Å². The van der Waals surface area contributed by atoms with Gasteiger partial charge in [0, 0.05) is 16.8 Å². The molecule has 0 aliphatic carbocycles. The van der Waals surface area contributed by atoms with Crippen molar-refractivity contribution in [3.8, 4) is 11.5 Å². The van der Waals surface area contributed by atoms with E-state index in [0.717, 1.165) is 16.4 Å². The number of amides is 1. The first-order valence-corrected chi connectivity index (χ1v) is 9.65. The van der Waals surface area contributed by atoms with E-state index in [-0.39, 0.29) is 5.91 Å². The fourth-order valence-corrected chi connectivity index (χ4v) is 3.30. The maximum Gasteiger partial charge on any atom is 0.337 e. The number of furan rings is 1. The molecule has 4 aromatic rings. The molecule has 0 saturated heterocycles. The lowest BCUT2D eigenvalue weighted by atomic mass is 10.1. The Labute approximate surface area is 178 Å². The monoisotopic (exact) mass is 419 g/mol. The predicted molar refractivity (Wildman–Crippen MR) is 117 cm³/mol. The second kappa shape index (κ2) is 8.39. The quantitative estimate of drug-likeness (QED) is 0.452. The zero-order valence-corrected chi connectivity index (χ0v) is 17.3. The normalized spacial score (nSPS) is 11.8. The maximum atomic E-state index is 12.7. The van der Waals surface area contributed by atoms with Crippen molar-refractivity contribution in [2.24, 2.45) is 0 Å². The van der Waals surface area contributed by atoms with Gasteiger partial charge in [-0.15, -0.1) is 0 Å². The maximum absolute atomic E-state index is 12.7. The van der Waals surface area contributed by atoms with Crippen molar-refractivity contribution in [1.29, 1.82) is 0 Å². The van der Waals surface area contributed by atoms with Crippen molar-refractivity contribution in [2.45, 2.75) is 13.0 Å². The van der Waals surface area contributed by atoms with Crippen LogP contribution >= 0.6 is 0 Å². The van der Waals surface area contributed by atoms with Gasteiger partial charge in [0.15, 0.2) is 6.10 Å². The molecule has 1 amide bonds. The number of hydrogen-bond donors (Lipinski definition) is 1. The highest BCUT2D eigenvalue weighted by Gasteiger charge is 2.19. The molecule has 0 bridgehead atoms. The number of para-hydroxylation sites is 1. The van der Waals surface area contributed by atoms with Crippen LogP contribution in [0.4, 0.5) is 5.69 Å². The molecule has 3 aromatic carbocycles. The first kappa shape index (κ1) is 20.3. The molecular weight excluding hydrogens is 398 g/mol. The summed E-state index contributed by atoms with van der Waals surface area (Å²) in [6, 6.07) is 17.7. The molecule has 0 aliphatic rings. The van der Waals surface area contributed by atoms with Crippen molar-refractivity contribution in [3.05, 3.63) is 66.2 Å². The number of carbonyl (C=O) groups is 2. The summed E-state index contributed by atoms with van der Waals surface area (Å²) in [7, 11) is 2.86. The summed E-state index contributed by atoms with van der Waals surface area (Å²) >= 11 is 0. The van der Waals surface area contributed by atoms with E-state index in [4.69, 9.17) is 13.9 Å². The molecule has 158 valence electrons. The van der Waals surface area contributed by atoms with Gasteiger partial charge in [-0.25, -0.2) is 4.79 Å². The van der Waals surface area contributed by atoms with Crippen LogP contribution in [-0.4, -0.2) is 32.2 Å². The summed E-state index contributed by atoms with van der Waals surface area (Å²) in [4.78, 5) is 24.2. The molecule has 0 fully saturated rings. The van der Waals surface area contributed by atoms with Gasteiger partial charge in [0.1, 0.15) is 22.7 Å². The molecule has 0 radical (unpaired) electrons. The topological polar surface area (TPSA) is 87.0 Å². The highest BCUT2D eigenvalue weighted by atomic mass is 16.5. The third kappa shape index (κ3) is 4.02. The van der Waals surface area contributed by atoms with Crippen molar-refractivity contribution in [3.63, 3.8) is 0 Å². The average molecular weight is 419 g/mol. The Morgan fingerprint density at radius 3 is 2.39 bits per heavy atom. The SMILES string of the molecule is COC(=O)c1ccc(O[C@@H](C)C(=O)Nc2cc3oc4ccccc4c3cc2OC)cc1. The molecule has 4 rings (SSSR count). The number of hydrogen-bond acceptors (Lipinski definition) is 6. The minimum atomic E-state index is -0.792. The molecular formula is C24H21NO6. The smallest absolute Gasteiger partial charge is 0.337 e. The average Bonchev–Trinajstić information content (AvgIpc) is 3.15. The Kier molecular flexibility index (Phi) is 5.49. The molecule has 7 nitrogen and oxygen atoms in total. The Morgan fingerprint density at radius 2 is 1.68 bits per heavy atom. The largest absolute Gasteiger partial charge is 0.495 e. The van der Waals surface area contributed by atoms with Crippen molar-refractivity contribution in [1.82, 2.24) is 0 Å². The Balaban J connectivity index is 1.53. The van der Waals surface area contributed by atoms with Gasteiger partial charge in [0.25, 0.3) is 5.91 Å². The van der Waals surface area contributed by atoms with Gasteiger partial charge >= 0.3 is 5.97 Å². The number of anilines is 1. The highest BCUT2D eigenvalue weighted by molar-refractivity contribution is 6.08. The van der Waals surface area contributed by atoms with Crippen LogP contribution in [-0.2, 0) is 9.53 Å². The van der Waals surface area contributed by atoms with Gasteiger partial charge in [-0.05, 0) is 43.3 Å². The molecule has 31 heavy (non-hydrogen) atoms. The zero-order chi connectivity index (χ0) is 22.0. The summed E-state index contributed by atoms with van der Waals surface area (Å²) in [6.45, 7) is 1.63. The standard InChI is InChI=1S/C24H21NO6/c1-14(30-16-10-8-15(9-11-16)24(27)29-3)23(26)25-19-13-21-18(12-22(19)28-2)17-6-4-5-7-20(17)31-21/h4-14H,1-3H3,(H,25,26)/t14-/m0/s1. The number of esters is 1. The van der Waals surface area contributed by atoms with E-state index in [2.05, 4.69) is 10.1 Å². The summed E-state index contributed by atoms with van der Waals surface area (Å²) in [5.74, 6) is 0.174. The Bertz CT molecular complexity index is 1260. The zero-order valence-electron chi connectivity index (χ0n) is 17.3. The molecule has 1 aromatic heterocycles. The summed E-state index contributed by atoms with van der Waals surface area (Å²) in [5, 5.41) is 4.71.